The fraction of sp³-hybridized carbons (Fsp3) is 0.917. The van der Waals surface area contributed by atoms with Crippen LogP contribution in [0.3, 0.4) is 0 Å². The summed E-state index contributed by atoms with van der Waals surface area (Å²) in [6.07, 6.45) is 3.15. The van der Waals surface area contributed by atoms with Crippen molar-refractivity contribution in [3.63, 3.8) is 0 Å². The van der Waals surface area contributed by atoms with E-state index in [1.54, 1.807) is 7.11 Å². The smallest absolute Gasteiger partial charge is 0.242 e. The number of nitrogens with zero attached hydrogens (tertiary/aromatic N) is 1. The lowest BCUT2D eigenvalue weighted by Crippen LogP contribution is -2.57. The summed E-state index contributed by atoms with van der Waals surface area (Å²) < 4.78 is 10.4. The highest BCUT2D eigenvalue weighted by molar-refractivity contribution is 5.82. The number of likely N-dealkylation sites (tertiary alicyclic amines) is 1. The van der Waals surface area contributed by atoms with Crippen LogP contribution in [0.4, 0.5) is 0 Å². The fourth-order valence-electron chi connectivity index (χ4n) is 2.90. The van der Waals surface area contributed by atoms with E-state index in [9.17, 15) is 4.79 Å². The third kappa shape index (κ3) is 2.78. The Morgan fingerprint density at radius 2 is 2.41 bits per heavy atom. The molecule has 0 saturated carbocycles. The number of hydrogen-bond acceptors (Lipinski definition) is 4. The van der Waals surface area contributed by atoms with Gasteiger partial charge in [0.2, 0.25) is 5.91 Å². The average molecular weight is 242 g/mol. The van der Waals surface area contributed by atoms with Gasteiger partial charge in [0.15, 0.2) is 0 Å². The highest BCUT2D eigenvalue weighted by atomic mass is 16.5. The maximum absolute atomic E-state index is 12.2. The first-order chi connectivity index (χ1) is 8.24. The monoisotopic (exact) mass is 242 g/mol. The van der Waals surface area contributed by atoms with Crippen molar-refractivity contribution in [2.75, 3.05) is 33.5 Å². The molecule has 2 heterocycles. The number of methoxy groups -OCH3 is 1. The molecule has 98 valence electrons. The van der Waals surface area contributed by atoms with E-state index in [0.717, 1.165) is 39.0 Å². The van der Waals surface area contributed by atoms with Crippen molar-refractivity contribution in [3.05, 3.63) is 0 Å². The minimum absolute atomic E-state index is 0.0310. The Morgan fingerprint density at radius 3 is 3.18 bits per heavy atom. The van der Waals surface area contributed by atoms with Crippen molar-refractivity contribution >= 4 is 5.91 Å². The summed E-state index contributed by atoms with van der Waals surface area (Å²) in [7, 11) is 1.57. The number of nitrogens with two attached hydrogens (primary N) is 1. The lowest BCUT2D eigenvalue weighted by Gasteiger charge is -2.44. The molecular formula is C12H22N2O3. The Balaban J connectivity index is 2.00. The first-order valence-corrected chi connectivity index (χ1v) is 6.36. The first-order valence-electron chi connectivity index (χ1n) is 6.36. The minimum atomic E-state index is -0.526. The number of amides is 1. The van der Waals surface area contributed by atoms with Gasteiger partial charge in [0.1, 0.15) is 6.04 Å². The molecule has 2 rings (SSSR count). The standard InChI is InChI=1S/C12H22N2O3/c1-16-8-10(13)12(15)14-5-2-3-9-7-17-6-4-11(9)14/h9-11H,2-8,13H2,1H3. The quantitative estimate of drug-likeness (QED) is 0.756. The molecule has 5 nitrogen and oxygen atoms in total. The van der Waals surface area contributed by atoms with Crippen LogP contribution in [0, 0.1) is 5.92 Å². The van der Waals surface area contributed by atoms with Gasteiger partial charge in [0, 0.05) is 32.2 Å². The zero-order chi connectivity index (χ0) is 12.3. The van der Waals surface area contributed by atoms with Crippen LogP contribution in [0.2, 0.25) is 0 Å². The summed E-state index contributed by atoms with van der Waals surface area (Å²) in [5.74, 6) is 0.527. The minimum Gasteiger partial charge on any atom is -0.383 e. The van der Waals surface area contributed by atoms with Gasteiger partial charge in [-0.05, 0) is 19.3 Å². The van der Waals surface area contributed by atoms with E-state index in [-0.39, 0.29) is 5.91 Å². The van der Waals surface area contributed by atoms with Gasteiger partial charge in [0.25, 0.3) is 0 Å². The van der Waals surface area contributed by atoms with Gasteiger partial charge in [0.05, 0.1) is 13.2 Å². The number of carbonyl (C=O) groups excluding carboxylic acids is 1. The van der Waals surface area contributed by atoms with Gasteiger partial charge in [-0.3, -0.25) is 4.79 Å². The molecule has 2 saturated heterocycles. The summed E-state index contributed by atoms with van der Waals surface area (Å²) in [5, 5.41) is 0. The van der Waals surface area contributed by atoms with Crippen LogP contribution in [-0.2, 0) is 14.3 Å². The molecule has 3 unspecified atom stereocenters. The predicted molar refractivity (Wildman–Crippen MR) is 63.5 cm³/mol. The molecule has 0 spiro atoms. The average Bonchev–Trinajstić information content (AvgIpc) is 2.37. The van der Waals surface area contributed by atoms with Gasteiger partial charge < -0.3 is 20.1 Å². The van der Waals surface area contributed by atoms with Gasteiger partial charge in [-0.2, -0.15) is 0 Å². The van der Waals surface area contributed by atoms with E-state index in [4.69, 9.17) is 15.2 Å². The third-order valence-corrected chi connectivity index (χ3v) is 3.75. The second kappa shape index (κ2) is 5.80. The largest absolute Gasteiger partial charge is 0.383 e. The Labute approximate surface area is 102 Å². The number of hydrogen-bond donors (Lipinski definition) is 1. The van der Waals surface area contributed by atoms with E-state index in [2.05, 4.69) is 0 Å². The van der Waals surface area contributed by atoms with Crippen LogP contribution in [-0.4, -0.2) is 56.4 Å². The van der Waals surface area contributed by atoms with Crippen molar-refractivity contribution in [2.45, 2.75) is 31.3 Å². The predicted octanol–water partition coefficient (Wildman–Crippen LogP) is -0.0124. The van der Waals surface area contributed by atoms with Crippen molar-refractivity contribution in [2.24, 2.45) is 11.7 Å². The van der Waals surface area contributed by atoms with Crippen LogP contribution in [0.15, 0.2) is 0 Å². The van der Waals surface area contributed by atoms with Crippen LogP contribution >= 0.6 is 0 Å². The molecule has 2 fully saturated rings. The third-order valence-electron chi connectivity index (χ3n) is 3.75. The zero-order valence-electron chi connectivity index (χ0n) is 10.4. The summed E-state index contributed by atoms with van der Waals surface area (Å²) in [6.45, 7) is 2.67. The number of ether oxygens (including phenoxy) is 2. The lowest BCUT2D eigenvalue weighted by molar-refractivity contribution is -0.143. The van der Waals surface area contributed by atoms with Gasteiger partial charge in [-0.15, -0.1) is 0 Å². The van der Waals surface area contributed by atoms with E-state index in [1.807, 2.05) is 4.90 Å². The molecule has 0 aromatic carbocycles. The first kappa shape index (κ1) is 12.8. The highest BCUT2D eigenvalue weighted by Gasteiger charge is 2.37. The van der Waals surface area contributed by atoms with E-state index < -0.39 is 6.04 Å². The Morgan fingerprint density at radius 1 is 1.59 bits per heavy atom. The number of carbonyl (C=O) groups is 1. The summed E-state index contributed by atoms with van der Waals surface area (Å²) >= 11 is 0. The van der Waals surface area contributed by atoms with Crippen molar-refractivity contribution in [1.29, 1.82) is 0 Å². The molecular weight excluding hydrogens is 220 g/mol. The summed E-state index contributed by atoms with van der Waals surface area (Å²) in [5.41, 5.74) is 5.83. The van der Waals surface area contributed by atoms with Crippen molar-refractivity contribution in [1.82, 2.24) is 4.90 Å². The Bertz CT molecular complexity index is 270. The normalized spacial score (nSPS) is 30.8. The molecule has 0 aliphatic carbocycles. The zero-order valence-corrected chi connectivity index (χ0v) is 10.4. The SMILES string of the molecule is COCC(N)C(=O)N1CCCC2COCCC21. The summed E-state index contributed by atoms with van der Waals surface area (Å²) in [6, 6.07) is -0.200. The van der Waals surface area contributed by atoms with Gasteiger partial charge in [-0.25, -0.2) is 0 Å². The molecule has 0 aromatic heterocycles. The molecule has 1 amide bonds. The molecule has 5 heteroatoms. The maximum atomic E-state index is 12.2. The van der Waals surface area contributed by atoms with Crippen molar-refractivity contribution < 1.29 is 14.3 Å². The van der Waals surface area contributed by atoms with Crippen LogP contribution in [0.5, 0.6) is 0 Å². The van der Waals surface area contributed by atoms with Crippen molar-refractivity contribution in [3.8, 4) is 0 Å². The van der Waals surface area contributed by atoms with Crippen LogP contribution in [0.1, 0.15) is 19.3 Å². The Kier molecular flexibility index (Phi) is 4.36. The molecule has 0 radical (unpaired) electrons. The lowest BCUT2D eigenvalue weighted by atomic mass is 9.86. The molecule has 2 N–H and O–H groups in total. The molecule has 2 aliphatic heterocycles. The number of rotatable bonds is 3. The molecule has 2 aliphatic rings. The molecule has 0 bridgehead atoms. The topological polar surface area (TPSA) is 64.8 Å². The number of piperidine rings is 1. The van der Waals surface area contributed by atoms with E-state index >= 15 is 0 Å². The fourth-order valence-corrected chi connectivity index (χ4v) is 2.90. The molecule has 0 aromatic rings. The molecule has 3 atom stereocenters. The van der Waals surface area contributed by atoms with Crippen LogP contribution < -0.4 is 5.73 Å². The summed E-state index contributed by atoms with van der Waals surface area (Å²) in [4.78, 5) is 14.2. The highest BCUT2D eigenvalue weighted by Crippen LogP contribution is 2.29. The van der Waals surface area contributed by atoms with Crippen LogP contribution in [0.25, 0.3) is 0 Å². The van der Waals surface area contributed by atoms with E-state index in [1.165, 1.54) is 0 Å². The van der Waals surface area contributed by atoms with Gasteiger partial charge >= 0.3 is 0 Å². The van der Waals surface area contributed by atoms with E-state index in [0.29, 0.717) is 18.6 Å². The van der Waals surface area contributed by atoms with Gasteiger partial charge in [-0.1, -0.05) is 0 Å². The second-order valence-electron chi connectivity index (χ2n) is 4.93. The maximum Gasteiger partial charge on any atom is 0.242 e. The number of fused-ring (bicyclic) bond motifs is 1. The molecule has 17 heavy (non-hydrogen) atoms. The second-order valence-corrected chi connectivity index (χ2v) is 4.93. The Hall–Kier alpha value is -0.650.